The summed E-state index contributed by atoms with van der Waals surface area (Å²) in [4.78, 5) is 20.5. The van der Waals surface area contributed by atoms with Gasteiger partial charge in [0.15, 0.2) is 0 Å². The van der Waals surface area contributed by atoms with E-state index in [0.29, 0.717) is 17.5 Å². The fourth-order valence-electron chi connectivity index (χ4n) is 2.37. The van der Waals surface area contributed by atoms with Gasteiger partial charge in [-0.3, -0.25) is 0 Å². The molecule has 0 unspecified atom stereocenters. The summed E-state index contributed by atoms with van der Waals surface area (Å²) in [5.41, 5.74) is 0.0294. The molecule has 0 aliphatic heterocycles. The highest BCUT2D eigenvalue weighted by Gasteiger charge is 2.42. The minimum absolute atomic E-state index is 0.0534. The van der Waals surface area contributed by atoms with Crippen LogP contribution in [0.1, 0.15) is 44.3 Å². The summed E-state index contributed by atoms with van der Waals surface area (Å²) < 4.78 is 0. The molecular formula is C14H20N4O2. The summed E-state index contributed by atoms with van der Waals surface area (Å²) in [7, 11) is 0. The van der Waals surface area contributed by atoms with Crippen molar-refractivity contribution >= 4 is 11.7 Å². The van der Waals surface area contributed by atoms with Crippen LogP contribution in [0.4, 0.5) is 10.5 Å². The fourth-order valence-corrected chi connectivity index (χ4v) is 2.37. The highest BCUT2D eigenvalue weighted by Crippen LogP contribution is 2.39. The Labute approximate surface area is 118 Å². The smallest absolute Gasteiger partial charge is 0.319 e. The number of aromatic nitrogens is 2. The average Bonchev–Trinajstić information content (AvgIpc) is 3.31. The number of hydrogen-bond donors (Lipinski definition) is 3. The molecule has 0 aromatic carbocycles. The molecular weight excluding hydrogens is 256 g/mol. The van der Waals surface area contributed by atoms with E-state index >= 15 is 0 Å². The van der Waals surface area contributed by atoms with Crippen LogP contribution in [-0.4, -0.2) is 33.3 Å². The summed E-state index contributed by atoms with van der Waals surface area (Å²) in [6.45, 7) is 1.82. The molecule has 6 nitrogen and oxygen atoms in total. The van der Waals surface area contributed by atoms with Crippen LogP contribution in [-0.2, 0) is 0 Å². The standard InChI is InChI=1S/C14H20N4O2/c1-14(8-19,10-4-5-10)18-13(20)17-11-6-15-12(16-7-11)9-2-3-9/h6-7,9-10,19H,2-5,8H2,1H3,(H2,17,18,20)/t14-/m0/s1. The van der Waals surface area contributed by atoms with Gasteiger partial charge in [-0.05, 0) is 38.5 Å². The number of carbonyl (C=O) groups is 1. The van der Waals surface area contributed by atoms with Crippen LogP contribution in [0.25, 0.3) is 0 Å². The first-order valence-corrected chi connectivity index (χ1v) is 7.13. The maximum absolute atomic E-state index is 12.0. The molecule has 108 valence electrons. The summed E-state index contributed by atoms with van der Waals surface area (Å²) in [5.74, 6) is 1.73. The first kappa shape index (κ1) is 13.3. The van der Waals surface area contributed by atoms with Gasteiger partial charge in [0.05, 0.1) is 30.2 Å². The van der Waals surface area contributed by atoms with Gasteiger partial charge >= 0.3 is 6.03 Å². The second-order valence-electron chi connectivity index (χ2n) is 6.03. The summed E-state index contributed by atoms with van der Waals surface area (Å²) in [6.07, 6.45) is 7.68. The van der Waals surface area contributed by atoms with Crippen molar-refractivity contribution in [1.29, 1.82) is 0 Å². The molecule has 2 amide bonds. The van der Waals surface area contributed by atoms with E-state index in [0.717, 1.165) is 31.5 Å². The van der Waals surface area contributed by atoms with Crippen LogP contribution in [0.15, 0.2) is 12.4 Å². The normalized spacial score (nSPS) is 21.1. The molecule has 1 atom stereocenters. The first-order chi connectivity index (χ1) is 9.60. The van der Waals surface area contributed by atoms with Gasteiger partial charge in [0.1, 0.15) is 5.82 Å². The lowest BCUT2D eigenvalue weighted by Crippen LogP contribution is -2.52. The summed E-state index contributed by atoms with van der Waals surface area (Å²) >= 11 is 0. The summed E-state index contributed by atoms with van der Waals surface area (Å²) in [5, 5.41) is 15.0. The molecule has 2 aliphatic rings. The lowest BCUT2D eigenvalue weighted by molar-refractivity contribution is 0.159. The third kappa shape index (κ3) is 2.90. The van der Waals surface area contributed by atoms with E-state index in [-0.39, 0.29) is 12.6 Å². The van der Waals surface area contributed by atoms with Crippen molar-refractivity contribution in [2.75, 3.05) is 11.9 Å². The van der Waals surface area contributed by atoms with Gasteiger partial charge in [-0.25, -0.2) is 14.8 Å². The van der Waals surface area contributed by atoms with E-state index in [1.807, 2.05) is 6.92 Å². The minimum atomic E-state index is -0.543. The van der Waals surface area contributed by atoms with Crippen molar-refractivity contribution in [3.63, 3.8) is 0 Å². The van der Waals surface area contributed by atoms with Gasteiger partial charge in [-0.2, -0.15) is 0 Å². The number of carbonyl (C=O) groups excluding carboxylic acids is 1. The minimum Gasteiger partial charge on any atom is -0.394 e. The monoisotopic (exact) mass is 276 g/mol. The second kappa shape index (κ2) is 5.01. The molecule has 1 aromatic rings. The molecule has 20 heavy (non-hydrogen) atoms. The molecule has 1 aromatic heterocycles. The molecule has 3 rings (SSSR count). The first-order valence-electron chi connectivity index (χ1n) is 7.13. The lowest BCUT2D eigenvalue weighted by atomic mass is 9.97. The molecule has 0 saturated heterocycles. The number of anilines is 1. The number of nitrogens with zero attached hydrogens (tertiary/aromatic N) is 2. The number of amides is 2. The Morgan fingerprint density at radius 2 is 2.00 bits per heavy atom. The van der Waals surface area contributed by atoms with Crippen molar-refractivity contribution in [1.82, 2.24) is 15.3 Å². The molecule has 3 N–H and O–H groups in total. The highest BCUT2D eigenvalue weighted by atomic mass is 16.3. The maximum Gasteiger partial charge on any atom is 0.319 e. The van der Waals surface area contributed by atoms with Crippen LogP contribution in [0, 0.1) is 5.92 Å². The third-order valence-electron chi connectivity index (χ3n) is 4.08. The summed E-state index contributed by atoms with van der Waals surface area (Å²) in [6, 6.07) is -0.323. The van der Waals surface area contributed by atoms with E-state index in [2.05, 4.69) is 20.6 Å². The number of aliphatic hydroxyl groups excluding tert-OH is 1. The Kier molecular flexibility index (Phi) is 3.33. The predicted molar refractivity (Wildman–Crippen MR) is 74.4 cm³/mol. The Morgan fingerprint density at radius 1 is 1.35 bits per heavy atom. The molecule has 2 fully saturated rings. The van der Waals surface area contributed by atoms with Gasteiger partial charge in [-0.15, -0.1) is 0 Å². The van der Waals surface area contributed by atoms with E-state index in [9.17, 15) is 9.90 Å². The molecule has 2 aliphatic carbocycles. The molecule has 0 radical (unpaired) electrons. The molecule has 1 heterocycles. The van der Waals surface area contributed by atoms with Gasteiger partial charge in [0.25, 0.3) is 0 Å². The van der Waals surface area contributed by atoms with Crippen molar-refractivity contribution in [3.05, 3.63) is 18.2 Å². The van der Waals surface area contributed by atoms with E-state index in [1.54, 1.807) is 12.4 Å². The third-order valence-corrected chi connectivity index (χ3v) is 4.08. The molecule has 6 heteroatoms. The number of rotatable bonds is 5. The van der Waals surface area contributed by atoms with Gasteiger partial charge < -0.3 is 15.7 Å². The van der Waals surface area contributed by atoms with Crippen LogP contribution in [0.2, 0.25) is 0 Å². The van der Waals surface area contributed by atoms with Crippen molar-refractivity contribution < 1.29 is 9.90 Å². The van der Waals surface area contributed by atoms with Crippen LogP contribution in [0.5, 0.6) is 0 Å². The zero-order valence-electron chi connectivity index (χ0n) is 11.6. The Morgan fingerprint density at radius 3 is 2.50 bits per heavy atom. The number of nitrogens with one attached hydrogen (secondary N) is 2. The number of aliphatic hydroxyl groups is 1. The molecule has 2 saturated carbocycles. The average molecular weight is 276 g/mol. The van der Waals surface area contributed by atoms with Crippen LogP contribution < -0.4 is 10.6 Å². The Bertz CT molecular complexity index is 496. The van der Waals surface area contributed by atoms with Gasteiger partial charge in [-0.1, -0.05) is 0 Å². The quantitative estimate of drug-likeness (QED) is 0.763. The van der Waals surface area contributed by atoms with Crippen molar-refractivity contribution in [3.8, 4) is 0 Å². The SMILES string of the molecule is C[C@@](CO)(NC(=O)Nc1cnc(C2CC2)nc1)C1CC1. The fraction of sp³-hybridized carbons (Fsp3) is 0.643. The lowest BCUT2D eigenvalue weighted by Gasteiger charge is -2.28. The second-order valence-corrected chi connectivity index (χ2v) is 6.03. The zero-order valence-corrected chi connectivity index (χ0v) is 11.6. The van der Waals surface area contributed by atoms with Crippen molar-refractivity contribution in [2.45, 2.75) is 44.1 Å². The van der Waals surface area contributed by atoms with Crippen molar-refractivity contribution in [2.24, 2.45) is 5.92 Å². The highest BCUT2D eigenvalue weighted by molar-refractivity contribution is 5.89. The van der Waals surface area contributed by atoms with E-state index in [1.165, 1.54) is 0 Å². The maximum atomic E-state index is 12.0. The van der Waals surface area contributed by atoms with E-state index < -0.39 is 5.54 Å². The Hall–Kier alpha value is -1.69. The number of hydrogen-bond acceptors (Lipinski definition) is 4. The topological polar surface area (TPSA) is 87.1 Å². The van der Waals surface area contributed by atoms with Crippen LogP contribution >= 0.6 is 0 Å². The number of urea groups is 1. The van der Waals surface area contributed by atoms with Gasteiger partial charge in [0, 0.05) is 5.92 Å². The van der Waals surface area contributed by atoms with Crippen LogP contribution in [0.3, 0.4) is 0 Å². The molecule has 0 bridgehead atoms. The van der Waals surface area contributed by atoms with Gasteiger partial charge in [0.2, 0.25) is 0 Å². The molecule has 0 spiro atoms. The predicted octanol–water partition coefficient (Wildman–Crippen LogP) is 1.64. The Balaban J connectivity index is 1.57. The zero-order chi connectivity index (χ0) is 14.2. The van der Waals surface area contributed by atoms with E-state index in [4.69, 9.17) is 0 Å². The largest absolute Gasteiger partial charge is 0.394 e.